The van der Waals surface area contributed by atoms with E-state index in [-0.39, 0.29) is 18.9 Å². The Morgan fingerprint density at radius 1 is 1.38 bits per heavy atom. The molecule has 130 valence electrons. The molecule has 0 spiro atoms. The first-order valence-electron chi connectivity index (χ1n) is 7.65. The summed E-state index contributed by atoms with van der Waals surface area (Å²) < 4.78 is 19.8. The van der Waals surface area contributed by atoms with Crippen LogP contribution in [-0.4, -0.2) is 24.2 Å². The van der Waals surface area contributed by atoms with Crippen LogP contribution in [0.25, 0.3) is 0 Å². The van der Waals surface area contributed by atoms with Crippen LogP contribution in [0.2, 0.25) is 0 Å². The van der Waals surface area contributed by atoms with Crippen molar-refractivity contribution in [3.05, 3.63) is 58.2 Å². The molecule has 24 heavy (non-hydrogen) atoms. The van der Waals surface area contributed by atoms with Crippen molar-refractivity contribution in [1.82, 2.24) is 10.6 Å². The smallest absolute Gasteiger partial charge is 0.191 e. The second kappa shape index (κ2) is 8.30. The van der Waals surface area contributed by atoms with E-state index in [4.69, 9.17) is 4.42 Å². The van der Waals surface area contributed by atoms with Crippen LogP contribution in [0.15, 0.2) is 50.5 Å². The summed E-state index contributed by atoms with van der Waals surface area (Å²) in [5.41, 5.74) is -0.694. The topological polar surface area (TPSA) is 69.8 Å². The van der Waals surface area contributed by atoms with Gasteiger partial charge in [-0.3, -0.25) is 0 Å². The van der Waals surface area contributed by atoms with Gasteiger partial charge in [0.15, 0.2) is 5.96 Å². The Balaban J connectivity index is 2.04. The van der Waals surface area contributed by atoms with Crippen LogP contribution in [-0.2, 0) is 12.1 Å². The number of aliphatic hydroxyl groups is 1. The lowest BCUT2D eigenvalue weighted by molar-refractivity contribution is 0.0386. The summed E-state index contributed by atoms with van der Waals surface area (Å²) in [6.45, 7) is 4.62. The summed E-state index contributed by atoms with van der Waals surface area (Å²) in [4.78, 5) is 4.36. The lowest BCUT2D eigenvalue weighted by atomic mass is 10.0. The van der Waals surface area contributed by atoms with Crippen LogP contribution in [0.4, 0.5) is 4.39 Å². The second-order valence-corrected chi connectivity index (χ2v) is 6.45. The van der Waals surface area contributed by atoms with Gasteiger partial charge >= 0.3 is 0 Å². The van der Waals surface area contributed by atoms with Crippen molar-refractivity contribution in [1.29, 1.82) is 0 Å². The van der Waals surface area contributed by atoms with Crippen molar-refractivity contribution in [2.24, 2.45) is 4.99 Å². The fraction of sp³-hybridized carbons (Fsp3) is 0.353. The van der Waals surface area contributed by atoms with Gasteiger partial charge in [-0.2, -0.15) is 0 Å². The number of aliphatic imine (C=N–C) groups is 1. The molecule has 1 aromatic carbocycles. The third-order valence-corrected chi connectivity index (χ3v) is 3.90. The van der Waals surface area contributed by atoms with Crippen LogP contribution in [0.3, 0.4) is 0 Å². The van der Waals surface area contributed by atoms with E-state index in [1.165, 1.54) is 12.3 Å². The van der Waals surface area contributed by atoms with Crippen LogP contribution in [0.5, 0.6) is 0 Å². The number of hydrogen-bond acceptors (Lipinski definition) is 3. The Hall–Kier alpha value is -1.86. The molecule has 1 atom stereocenters. The van der Waals surface area contributed by atoms with Gasteiger partial charge in [0.2, 0.25) is 0 Å². The van der Waals surface area contributed by atoms with E-state index in [2.05, 4.69) is 31.6 Å². The summed E-state index contributed by atoms with van der Waals surface area (Å²) in [7, 11) is 0. The first-order valence-corrected chi connectivity index (χ1v) is 8.44. The average molecular weight is 398 g/mol. The quantitative estimate of drug-likeness (QED) is 0.517. The maximum atomic E-state index is 13.8. The van der Waals surface area contributed by atoms with Crippen LogP contribution < -0.4 is 10.6 Å². The molecule has 3 N–H and O–H groups in total. The predicted molar refractivity (Wildman–Crippen MR) is 95.2 cm³/mol. The number of halogens is 2. The Bertz CT molecular complexity index is 687. The second-order valence-electron chi connectivity index (χ2n) is 5.54. The monoisotopic (exact) mass is 397 g/mol. The lowest BCUT2D eigenvalue weighted by Gasteiger charge is -2.22. The summed E-state index contributed by atoms with van der Waals surface area (Å²) in [6, 6.07) is 8.17. The molecule has 2 aromatic rings. The van der Waals surface area contributed by atoms with Gasteiger partial charge in [-0.1, -0.05) is 15.9 Å². The third kappa shape index (κ3) is 5.07. The third-order valence-electron chi connectivity index (χ3n) is 3.41. The number of guanidine groups is 1. The number of hydrogen-bond donors (Lipinski definition) is 3. The van der Waals surface area contributed by atoms with Crippen LogP contribution >= 0.6 is 15.9 Å². The molecule has 2 rings (SSSR count). The SMILES string of the molecule is CCNC(=NCc1cc(Br)ccc1F)NCC(C)(O)c1ccco1. The predicted octanol–water partition coefficient (Wildman–Crippen LogP) is 3.14. The zero-order valence-electron chi connectivity index (χ0n) is 13.6. The molecule has 5 nitrogen and oxygen atoms in total. The number of furan rings is 1. The molecule has 0 aliphatic rings. The highest BCUT2D eigenvalue weighted by molar-refractivity contribution is 9.10. The summed E-state index contributed by atoms with van der Waals surface area (Å²) >= 11 is 3.32. The highest BCUT2D eigenvalue weighted by Gasteiger charge is 2.26. The Kier molecular flexibility index (Phi) is 6.39. The first kappa shape index (κ1) is 18.5. The van der Waals surface area contributed by atoms with Crippen molar-refractivity contribution in [2.45, 2.75) is 26.0 Å². The minimum atomic E-state index is -1.18. The van der Waals surface area contributed by atoms with Gasteiger partial charge in [-0.05, 0) is 44.2 Å². The molecule has 0 saturated heterocycles. The van der Waals surface area contributed by atoms with E-state index in [0.29, 0.717) is 23.8 Å². The van der Waals surface area contributed by atoms with E-state index < -0.39 is 5.60 Å². The van der Waals surface area contributed by atoms with Crippen molar-refractivity contribution in [3.63, 3.8) is 0 Å². The van der Waals surface area contributed by atoms with Gasteiger partial charge in [-0.25, -0.2) is 9.38 Å². The molecule has 0 aliphatic heterocycles. The van der Waals surface area contributed by atoms with Crippen molar-refractivity contribution in [3.8, 4) is 0 Å². The molecule has 0 amide bonds. The molecule has 0 fully saturated rings. The molecule has 1 unspecified atom stereocenters. The van der Waals surface area contributed by atoms with Gasteiger partial charge in [0.25, 0.3) is 0 Å². The minimum absolute atomic E-state index is 0.184. The Morgan fingerprint density at radius 2 is 2.17 bits per heavy atom. The summed E-state index contributed by atoms with van der Waals surface area (Å²) in [6.07, 6.45) is 1.51. The fourth-order valence-electron chi connectivity index (χ4n) is 2.10. The van der Waals surface area contributed by atoms with Gasteiger partial charge in [0.05, 0.1) is 19.4 Å². The molecule has 0 saturated carbocycles. The first-order chi connectivity index (χ1) is 11.4. The molecular formula is C17H21BrFN3O2. The largest absolute Gasteiger partial charge is 0.466 e. The zero-order valence-corrected chi connectivity index (χ0v) is 15.2. The molecule has 0 aliphatic carbocycles. The molecule has 7 heteroatoms. The van der Waals surface area contributed by atoms with Gasteiger partial charge in [0, 0.05) is 16.6 Å². The van der Waals surface area contributed by atoms with Crippen LogP contribution in [0.1, 0.15) is 25.2 Å². The number of nitrogens with zero attached hydrogens (tertiary/aromatic N) is 1. The standard InChI is InChI=1S/C17H21BrFN3O2/c1-3-20-16(21-10-12-9-13(18)6-7-14(12)19)22-11-17(2,23)15-5-4-8-24-15/h4-9,23H,3,10-11H2,1-2H3,(H2,20,21,22). The van der Waals surface area contributed by atoms with E-state index in [1.54, 1.807) is 31.2 Å². The Morgan fingerprint density at radius 3 is 2.83 bits per heavy atom. The van der Waals surface area contributed by atoms with Crippen molar-refractivity contribution < 1.29 is 13.9 Å². The van der Waals surface area contributed by atoms with Crippen molar-refractivity contribution >= 4 is 21.9 Å². The summed E-state index contributed by atoms with van der Waals surface area (Å²) in [5, 5.41) is 16.6. The highest BCUT2D eigenvalue weighted by atomic mass is 79.9. The number of benzene rings is 1. The fourth-order valence-corrected chi connectivity index (χ4v) is 2.51. The minimum Gasteiger partial charge on any atom is -0.466 e. The van der Waals surface area contributed by atoms with Gasteiger partial charge in [-0.15, -0.1) is 0 Å². The zero-order chi connectivity index (χ0) is 17.6. The van der Waals surface area contributed by atoms with E-state index in [1.807, 2.05) is 6.92 Å². The molecule has 0 radical (unpaired) electrons. The van der Waals surface area contributed by atoms with Gasteiger partial charge < -0.3 is 20.2 Å². The maximum Gasteiger partial charge on any atom is 0.191 e. The molecule has 0 bridgehead atoms. The highest BCUT2D eigenvalue weighted by Crippen LogP contribution is 2.20. The molecule has 1 heterocycles. The van der Waals surface area contributed by atoms with E-state index in [0.717, 1.165) is 4.47 Å². The molecule has 1 aromatic heterocycles. The van der Waals surface area contributed by atoms with Crippen LogP contribution in [0, 0.1) is 5.82 Å². The Labute approximate surface area is 149 Å². The summed E-state index contributed by atoms with van der Waals surface area (Å²) in [5.74, 6) is 0.646. The van der Waals surface area contributed by atoms with Crippen molar-refractivity contribution in [2.75, 3.05) is 13.1 Å². The van der Waals surface area contributed by atoms with Gasteiger partial charge in [0.1, 0.15) is 17.2 Å². The average Bonchev–Trinajstić information content (AvgIpc) is 3.08. The normalized spacial score (nSPS) is 14.3. The van der Waals surface area contributed by atoms with E-state index in [9.17, 15) is 9.50 Å². The maximum absolute atomic E-state index is 13.8. The molecular weight excluding hydrogens is 377 g/mol. The number of rotatable bonds is 6. The number of nitrogens with one attached hydrogen (secondary N) is 2. The van der Waals surface area contributed by atoms with E-state index >= 15 is 0 Å². The lowest BCUT2D eigenvalue weighted by Crippen LogP contribution is -2.44.